The number of hydrogen-bond donors (Lipinski definition) is 1. The van der Waals surface area contributed by atoms with Gasteiger partial charge >= 0.3 is 12.1 Å². The summed E-state index contributed by atoms with van der Waals surface area (Å²) < 4.78 is 33.9. The maximum atomic E-state index is 12.3. The molecule has 0 heterocycles. The van der Waals surface area contributed by atoms with Crippen LogP contribution in [0.25, 0.3) is 0 Å². The standard InChI is InChI=1S/C30H51NO8/c1-10-17-37-27(20-36-19-26(28(32)35-9)31-29(33)39-30(5,6)7)25(16-11-21(2)3)22(4)38-18-23-12-14-24(34-8)15-13-23/h12-15,21-22,25-27H,10-11,16-20H2,1-9H3,(H,31,33)/t22-,25+,26?,27+/m0/s1. The van der Waals surface area contributed by atoms with Gasteiger partial charge in [-0.05, 0) is 64.2 Å². The Morgan fingerprint density at radius 1 is 0.949 bits per heavy atom. The second-order valence-corrected chi connectivity index (χ2v) is 11.2. The fraction of sp³-hybridized carbons (Fsp3) is 0.733. The minimum absolute atomic E-state index is 0.0626. The van der Waals surface area contributed by atoms with E-state index in [0.717, 1.165) is 30.6 Å². The first-order chi connectivity index (χ1) is 18.4. The van der Waals surface area contributed by atoms with Crippen molar-refractivity contribution in [1.82, 2.24) is 5.32 Å². The lowest BCUT2D eigenvalue weighted by Crippen LogP contribution is -2.47. The zero-order chi connectivity index (χ0) is 29.4. The summed E-state index contributed by atoms with van der Waals surface area (Å²) in [6, 6.07) is 6.82. The summed E-state index contributed by atoms with van der Waals surface area (Å²) in [5.41, 5.74) is 0.359. The maximum Gasteiger partial charge on any atom is 0.408 e. The first-order valence-corrected chi connectivity index (χ1v) is 13.9. The van der Waals surface area contributed by atoms with Crippen molar-refractivity contribution in [2.75, 3.05) is 34.0 Å². The van der Waals surface area contributed by atoms with Crippen molar-refractivity contribution in [1.29, 1.82) is 0 Å². The van der Waals surface area contributed by atoms with Crippen LogP contribution in [0, 0.1) is 11.8 Å². The molecule has 0 aliphatic carbocycles. The fourth-order valence-corrected chi connectivity index (χ4v) is 3.95. The molecule has 1 unspecified atom stereocenters. The van der Waals surface area contributed by atoms with Crippen LogP contribution < -0.4 is 10.1 Å². The van der Waals surface area contributed by atoms with Crippen LogP contribution in [0.2, 0.25) is 0 Å². The van der Waals surface area contributed by atoms with Gasteiger partial charge in [0, 0.05) is 12.5 Å². The second kappa shape index (κ2) is 18.1. The molecule has 0 fully saturated rings. The van der Waals surface area contributed by atoms with Gasteiger partial charge in [-0.25, -0.2) is 9.59 Å². The van der Waals surface area contributed by atoms with Crippen molar-refractivity contribution in [2.24, 2.45) is 11.8 Å². The van der Waals surface area contributed by atoms with Crippen molar-refractivity contribution in [3.8, 4) is 5.75 Å². The summed E-state index contributed by atoms with van der Waals surface area (Å²) in [6.45, 7) is 15.0. The molecule has 0 spiro atoms. The number of alkyl carbamates (subject to hydrolysis) is 1. The lowest BCUT2D eigenvalue weighted by atomic mass is 9.89. The number of carbonyl (C=O) groups is 2. The van der Waals surface area contributed by atoms with Crippen LogP contribution in [-0.4, -0.2) is 70.0 Å². The Hall–Kier alpha value is -2.36. The van der Waals surface area contributed by atoms with Crippen molar-refractivity contribution < 1.29 is 38.0 Å². The third kappa shape index (κ3) is 14.6. The number of esters is 1. The summed E-state index contributed by atoms with van der Waals surface area (Å²) in [4.78, 5) is 24.6. The van der Waals surface area contributed by atoms with E-state index >= 15 is 0 Å². The molecule has 9 heteroatoms. The Labute approximate surface area is 235 Å². The molecule has 1 amide bonds. The van der Waals surface area contributed by atoms with Gasteiger partial charge in [-0.2, -0.15) is 0 Å². The van der Waals surface area contributed by atoms with E-state index in [1.165, 1.54) is 7.11 Å². The number of amides is 1. The van der Waals surface area contributed by atoms with Gasteiger partial charge in [-0.15, -0.1) is 0 Å². The molecule has 224 valence electrons. The lowest BCUT2D eigenvalue weighted by Gasteiger charge is -2.33. The number of benzene rings is 1. The molecule has 9 nitrogen and oxygen atoms in total. The predicted molar refractivity (Wildman–Crippen MR) is 151 cm³/mol. The quantitative estimate of drug-likeness (QED) is 0.237. The van der Waals surface area contributed by atoms with Crippen LogP contribution in [0.5, 0.6) is 5.75 Å². The van der Waals surface area contributed by atoms with E-state index in [1.807, 2.05) is 24.3 Å². The first-order valence-electron chi connectivity index (χ1n) is 13.9. The largest absolute Gasteiger partial charge is 0.497 e. The van der Waals surface area contributed by atoms with Gasteiger partial charge in [0.15, 0.2) is 6.04 Å². The fourth-order valence-electron chi connectivity index (χ4n) is 3.95. The number of ether oxygens (including phenoxy) is 6. The highest BCUT2D eigenvalue weighted by Crippen LogP contribution is 2.25. The zero-order valence-electron chi connectivity index (χ0n) is 25.4. The van der Waals surface area contributed by atoms with Gasteiger partial charge in [-0.1, -0.05) is 39.3 Å². The van der Waals surface area contributed by atoms with E-state index in [0.29, 0.717) is 19.1 Å². The van der Waals surface area contributed by atoms with E-state index in [2.05, 4.69) is 33.0 Å². The van der Waals surface area contributed by atoms with E-state index < -0.39 is 23.7 Å². The molecule has 0 radical (unpaired) electrons. The molecule has 0 aromatic heterocycles. The topological polar surface area (TPSA) is 102 Å². The Morgan fingerprint density at radius 2 is 1.62 bits per heavy atom. The van der Waals surface area contributed by atoms with Gasteiger partial charge in [0.1, 0.15) is 11.4 Å². The number of nitrogens with one attached hydrogen (secondary N) is 1. The Balaban J connectivity index is 2.92. The van der Waals surface area contributed by atoms with Crippen LogP contribution in [0.4, 0.5) is 4.79 Å². The van der Waals surface area contributed by atoms with E-state index in [1.54, 1.807) is 27.9 Å². The minimum Gasteiger partial charge on any atom is -0.497 e. The zero-order valence-corrected chi connectivity index (χ0v) is 25.4. The Bertz CT molecular complexity index is 821. The molecule has 1 aromatic rings. The minimum atomic E-state index is -1.01. The maximum absolute atomic E-state index is 12.3. The third-order valence-corrected chi connectivity index (χ3v) is 6.11. The normalized spacial score (nSPS) is 14.8. The highest BCUT2D eigenvalue weighted by molar-refractivity contribution is 5.81. The van der Waals surface area contributed by atoms with Crippen LogP contribution >= 0.6 is 0 Å². The van der Waals surface area contributed by atoms with Crippen molar-refractivity contribution in [3.63, 3.8) is 0 Å². The molecule has 0 saturated carbocycles. The molecule has 0 bridgehead atoms. The average molecular weight is 554 g/mol. The Kier molecular flexibility index (Phi) is 16.1. The van der Waals surface area contributed by atoms with Gasteiger partial charge < -0.3 is 33.7 Å². The van der Waals surface area contributed by atoms with Gasteiger partial charge in [0.25, 0.3) is 0 Å². The van der Waals surface area contributed by atoms with Crippen molar-refractivity contribution >= 4 is 12.1 Å². The highest BCUT2D eigenvalue weighted by Gasteiger charge is 2.30. The number of methoxy groups -OCH3 is 2. The van der Waals surface area contributed by atoms with E-state index in [4.69, 9.17) is 28.4 Å². The number of carbonyl (C=O) groups excluding carboxylic acids is 2. The molecular formula is C30H51NO8. The predicted octanol–water partition coefficient (Wildman–Crippen LogP) is 5.53. The van der Waals surface area contributed by atoms with Gasteiger partial charge in [-0.3, -0.25) is 0 Å². The highest BCUT2D eigenvalue weighted by atomic mass is 16.6. The molecule has 0 saturated heterocycles. The third-order valence-electron chi connectivity index (χ3n) is 6.11. The van der Waals surface area contributed by atoms with E-state index in [-0.39, 0.29) is 31.3 Å². The monoisotopic (exact) mass is 553 g/mol. The molecule has 1 rings (SSSR count). The molecule has 0 aliphatic heterocycles. The second-order valence-electron chi connectivity index (χ2n) is 11.2. The molecule has 39 heavy (non-hydrogen) atoms. The molecule has 1 N–H and O–H groups in total. The Morgan fingerprint density at radius 3 is 2.15 bits per heavy atom. The summed E-state index contributed by atoms with van der Waals surface area (Å²) >= 11 is 0. The number of rotatable bonds is 18. The summed E-state index contributed by atoms with van der Waals surface area (Å²) in [6.07, 6.45) is 1.70. The first kappa shape index (κ1) is 34.7. The number of hydrogen-bond acceptors (Lipinski definition) is 8. The molecule has 1 aromatic carbocycles. The van der Waals surface area contributed by atoms with Crippen LogP contribution in [-0.2, 0) is 35.1 Å². The van der Waals surface area contributed by atoms with Crippen LogP contribution in [0.1, 0.15) is 73.3 Å². The lowest BCUT2D eigenvalue weighted by molar-refractivity contribution is -0.146. The van der Waals surface area contributed by atoms with E-state index in [9.17, 15) is 9.59 Å². The van der Waals surface area contributed by atoms with Crippen LogP contribution in [0.15, 0.2) is 24.3 Å². The smallest absolute Gasteiger partial charge is 0.408 e. The van der Waals surface area contributed by atoms with Crippen LogP contribution in [0.3, 0.4) is 0 Å². The summed E-state index contributed by atoms with van der Waals surface area (Å²) in [5, 5.41) is 2.54. The summed E-state index contributed by atoms with van der Waals surface area (Å²) in [5.74, 6) is 0.779. The molecular weight excluding hydrogens is 502 g/mol. The van der Waals surface area contributed by atoms with Gasteiger partial charge in [0.05, 0.1) is 46.2 Å². The SMILES string of the molecule is CCCO[C@H](COCC(NC(=O)OC(C)(C)C)C(=O)OC)[C@H](CCC(C)C)[C@H](C)OCc1ccc(OC)cc1. The summed E-state index contributed by atoms with van der Waals surface area (Å²) in [7, 11) is 2.91. The molecule has 0 aliphatic rings. The molecule has 4 atom stereocenters. The van der Waals surface area contributed by atoms with Crippen molar-refractivity contribution in [3.05, 3.63) is 29.8 Å². The van der Waals surface area contributed by atoms with Crippen molar-refractivity contribution in [2.45, 2.75) is 98.2 Å². The van der Waals surface area contributed by atoms with Gasteiger partial charge in [0.2, 0.25) is 0 Å². The average Bonchev–Trinajstić information content (AvgIpc) is 2.88.